The van der Waals surface area contributed by atoms with Gasteiger partial charge in [-0.05, 0) is 36.4 Å². The maximum Gasteiger partial charge on any atom is 0.434 e. The van der Waals surface area contributed by atoms with Crippen LogP contribution in [0.15, 0.2) is 60.3 Å². The first-order valence-electron chi connectivity index (χ1n) is 6.53. The number of halogens is 2. The number of cyclic esters (lactones) is 1. The predicted octanol–water partition coefficient (Wildman–Crippen LogP) is 4.25. The Balaban J connectivity index is 1.99. The van der Waals surface area contributed by atoms with Crippen LogP contribution in [0, 0.1) is 0 Å². The van der Waals surface area contributed by atoms with E-state index in [1.807, 2.05) is 0 Å². The number of anilines is 2. The molecule has 0 aromatic heterocycles. The molecule has 3 rings (SSSR count). The average molecular weight is 352 g/mol. The largest absolute Gasteiger partial charge is 0.478 e. The number of hydrazine groups is 1. The van der Waals surface area contributed by atoms with Crippen molar-refractivity contribution in [3.63, 3.8) is 0 Å². The van der Waals surface area contributed by atoms with E-state index in [4.69, 9.17) is 27.9 Å². The lowest BCUT2D eigenvalue weighted by Gasteiger charge is -2.31. The second-order valence-corrected chi connectivity index (χ2v) is 5.48. The van der Waals surface area contributed by atoms with E-state index in [0.29, 0.717) is 21.4 Å². The standard InChI is InChI=1S/C15H11Cl2N3O3/c16-9-3-1-5-11(7-9)18-13-14(21)23-15(22)19-20(13)12-6-2-4-10(17)8-12/h1-8,18,21H,(H,19,22). The topological polar surface area (TPSA) is 73.8 Å². The van der Waals surface area contributed by atoms with Crippen molar-refractivity contribution in [1.29, 1.82) is 0 Å². The molecular formula is C15H11Cl2N3O3. The van der Waals surface area contributed by atoms with Crippen LogP contribution in [0.3, 0.4) is 0 Å². The molecule has 0 saturated heterocycles. The summed E-state index contributed by atoms with van der Waals surface area (Å²) in [4.78, 5) is 11.5. The summed E-state index contributed by atoms with van der Waals surface area (Å²) in [5.74, 6) is -0.456. The molecule has 1 aliphatic rings. The smallest absolute Gasteiger partial charge is 0.434 e. The van der Waals surface area contributed by atoms with Crippen LogP contribution in [0.1, 0.15) is 0 Å². The van der Waals surface area contributed by atoms with Crippen molar-refractivity contribution in [3.8, 4) is 0 Å². The summed E-state index contributed by atoms with van der Waals surface area (Å²) in [5, 5.41) is 15.3. The maximum absolute atomic E-state index is 11.5. The van der Waals surface area contributed by atoms with Gasteiger partial charge in [0.2, 0.25) is 5.82 Å². The van der Waals surface area contributed by atoms with E-state index < -0.39 is 12.0 Å². The van der Waals surface area contributed by atoms with Crippen LogP contribution in [0.2, 0.25) is 10.0 Å². The van der Waals surface area contributed by atoms with Crippen LogP contribution >= 0.6 is 23.2 Å². The van der Waals surface area contributed by atoms with E-state index in [-0.39, 0.29) is 5.82 Å². The Hall–Kier alpha value is -2.57. The quantitative estimate of drug-likeness (QED) is 0.770. The summed E-state index contributed by atoms with van der Waals surface area (Å²) in [6.45, 7) is 0. The van der Waals surface area contributed by atoms with Crippen molar-refractivity contribution in [3.05, 3.63) is 70.3 Å². The van der Waals surface area contributed by atoms with Gasteiger partial charge in [-0.2, -0.15) is 0 Å². The molecule has 0 radical (unpaired) electrons. The lowest BCUT2D eigenvalue weighted by molar-refractivity contribution is 0.107. The Morgan fingerprint density at radius 1 is 1.09 bits per heavy atom. The first-order chi connectivity index (χ1) is 11.0. The second-order valence-electron chi connectivity index (χ2n) is 4.61. The monoisotopic (exact) mass is 351 g/mol. The number of rotatable bonds is 3. The highest BCUT2D eigenvalue weighted by Gasteiger charge is 2.28. The number of hydrogen-bond acceptors (Lipinski definition) is 5. The Bertz CT molecular complexity index is 795. The Labute approximate surface area is 141 Å². The molecule has 0 saturated carbocycles. The van der Waals surface area contributed by atoms with Gasteiger partial charge in [-0.1, -0.05) is 35.3 Å². The molecule has 3 N–H and O–H groups in total. The zero-order valence-corrected chi connectivity index (χ0v) is 13.1. The van der Waals surface area contributed by atoms with E-state index in [1.165, 1.54) is 5.01 Å². The van der Waals surface area contributed by atoms with E-state index >= 15 is 0 Å². The molecule has 0 fully saturated rings. The van der Waals surface area contributed by atoms with Gasteiger partial charge < -0.3 is 15.2 Å². The fourth-order valence-corrected chi connectivity index (χ4v) is 2.40. The maximum atomic E-state index is 11.5. The summed E-state index contributed by atoms with van der Waals surface area (Å²) < 4.78 is 4.70. The molecule has 2 aromatic carbocycles. The molecule has 1 aliphatic heterocycles. The van der Waals surface area contributed by atoms with Crippen LogP contribution in [-0.4, -0.2) is 11.2 Å². The fourth-order valence-electron chi connectivity index (χ4n) is 2.02. The number of carbonyl (C=O) groups excluding carboxylic acids is 1. The number of hydrogen-bond donors (Lipinski definition) is 3. The van der Waals surface area contributed by atoms with Crippen molar-refractivity contribution in [2.24, 2.45) is 0 Å². The highest BCUT2D eigenvalue weighted by atomic mass is 35.5. The third-order valence-electron chi connectivity index (χ3n) is 2.97. The van der Waals surface area contributed by atoms with Gasteiger partial charge >= 0.3 is 12.0 Å². The lowest BCUT2D eigenvalue weighted by Crippen LogP contribution is -2.48. The first kappa shape index (κ1) is 15.3. The molecule has 0 aliphatic carbocycles. The van der Waals surface area contributed by atoms with Crippen molar-refractivity contribution < 1.29 is 14.6 Å². The van der Waals surface area contributed by atoms with Crippen molar-refractivity contribution >= 4 is 40.7 Å². The predicted molar refractivity (Wildman–Crippen MR) is 88.3 cm³/mol. The Kier molecular flexibility index (Phi) is 4.18. The van der Waals surface area contributed by atoms with Crippen LogP contribution in [0.25, 0.3) is 0 Å². The van der Waals surface area contributed by atoms with Crippen LogP contribution < -0.4 is 15.8 Å². The molecule has 23 heavy (non-hydrogen) atoms. The van der Waals surface area contributed by atoms with E-state index in [2.05, 4.69) is 10.7 Å². The highest BCUT2D eigenvalue weighted by molar-refractivity contribution is 6.31. The molecule has 118 valence electrons. The summed E-state index contributed by atoms with van der Waals surface area (Å²) in [5.41, 5.74) is 3.61. The van der Waals surface area contributed by atoms with Gasteiger partial charge in [0.25, 0.3) is 0 Å². The lowest BCUT2D eigenvalue weighted by atomic mass is 10.3. The van der Waals surface area contributed by atoms with Crippen molar-refractivity contribution in [2.75, 3.05) is 10.3 Å². The number of aliphatic hydroxyl groups is 1. The second kappa shape index (κ2) is 6.28. The summed E-state index contributed by atoms with van der Waals surface area (Å²) in [7, 11) is 0. The minimum atomic E-state index is -0.820. The number of carbonyl (C=O) groups is 1. The third-order valence-corrected chi connectivity index (χ3v) is 3.44. The SMILES string of the molecule is O=C1NN(c2cccc(Cl)c2)C(Nc2cccc(Cl)c2)=C(O)O1. The molecule has 2 aromatic rings. The Morgan fingerprint density at radius 3 is 2.48 bits per heavy atom. The molecule has 8 heteroatoms. The first-order valence-corrected chi connectivity index (χ1v) is 7.28. The summed E-state index contributed by atoms with van der Waals surface area (Å²) >= 11 is 11.9. The highest BCUT2D eigenvalue weighted by Crippen LogP contribution is 2.27. The minimum absolute atomic E-state index is 0.120. The molecule has 1 amide bonds. The summed E-state index contributed by atoms with van der Waals surface area (Å²) in [6, 6.07) is 13.6. The molecule has 1 heterocycles. The van der Waals surface area contributed by atoms with Crippen LogP contribution in [0.4, 0.5) is 16.2 Å². The van der Waals surface area contributed by atoms with Gasteiger partial charge in [-0.3, -0.25) is 0 Å². The number of nitrogens with zero attached hydrogens (tertiary/aromatic N) is 1. The van der Waals surface area contributed by atoms with E-state index in [1.54, 1.807) is 48.5 Å². The molecular weight excluding hydrogens is 341 g/mol. The number of ether oxygens (including phenoxy) is 1. The summed E-state index contributed by atoms with van der Waals surface area (Å²) in [6.07, 6.45) is -0.820. The van der Waals surface area contributed by atoms with Gasteiger partial charge in [0.15, 0.2) is 0 Å². The number of benzene rings is 2. The van der Waals surface area contributed by atoms with Gasteiger partial charge in [0, 0.05) is 15.7 Å². The van der Waals surface area contributed by atoms with E-state index in [9.17, 15) is 9.90 Å². The molecule has 0 spiro atoms. The van der Waals surface area contributed by atoms with Gasteiger partial charge in [-0.25, -0.2) is 15.2 Å². The normalized spacial score (nSPS) is 14.3. The third kappa shape index (κ3) is 3.44. The van der Waals surface area contributed by atoms with Gasteiger partial charge in [0.05, 0.1) is 5.69 Å². The zero-order valence-electron chi connectivity index (χ0n) is 11.6. The number of amides is 1. The molecule has 0 unspecified atom stereocenters. The number of aliphatic hydroxyl groups excluding tert-OH is 1. The van der Waals surface area contributed by atoms with Crippen molar-refractivity contribution in [2.45, 2.75) is 0 Å². The molecule has 6 nitrogen and oxygen atoms in total. The zero-order chi connectivity index (χ0) is 16.4. The Morgan fingerprint density at radius 2 is 1.78 bits per heavy atom. The van der Waals surface area contributed by atoms with Gasteiger partial charge in [0.1, 0.15) is 0 Å². The average Bonchev–Trinajstić information content (AvgIpc) is 2.50. The van der Waals surface area contributed by atoms with E-state index in [0.717, 1.165) is 0 Å². The fraction of sp³-hybridized carbons (Fsp3) is 0. The van der Waals surface area contributed by atoms with Crippen molar-refractivity contribution in [1.82, 2.24) is 5.43 Å². The van der Waals surface area contributed by atoms with Gasteiger partial charge in [-0.15, -0.1) is 0 Å². The van der Waals surface area contributed by atoms with Crippen LogP contribution in [-0.2, 0) is 4.74 Å². The number of nitrogens with one attached hydrogen (secondary N) is 2. The minimum Gasteiger partial charge on any atom is -0.478 e. The molecule has 0 bridgehead atoms. The molecule has 0 atom stereocenters. The van der Waals surface area contributed by atoms with Crippen LogP contribution in [0.5, 0.6) is 0 Å².